The second-order valence-corrected chi connectivity index (χ2v) is 9.63. The molecule has 1 N–H and O–H groups in total. The van der Waals surface area contributed by atoms with Gasteiger partial charge in [0.1, 0.15) is 5.82 Å². The molecule has 0 radical (unpaired) electrons. The number of hydrogen-bond donors (Lipinski definition) is 1. The first-order chi connectivity index (χ1) is 13.6. The van der Waals surface area contributed by atoms with Crippen LogP contribution in [0, 0.1) is 11.7 Å². The van der Waals surface area contributed by atoms with E-state index in [9.17, 15) is 9.18 Å². The summed E-state index contributed by atoms with van der Waals surface area (Å²) in [6.45, 7) is 3.94. The molecule has 1 aromatic rings. The summed E-state index contributed by atoms with van der Waals surface area (Å²) < 4.78 is 14.5. The summed E-state index contributed by atoms with van der Waals surface area (Å²) in [5, 5.41) is 3.21. The number of piperidine rings is 1. The van der Waals surface area contributed by atoms with Crippen LogP contribution < -0.4 is 5.32 Å². The zero-order valence-corrected chi connectivity index (χ0v) is 18.1. The average Bonchev–Trinajstić information content (AvgIpc) is 3.07. The van der Waals surface area contributed by atoms with Gasteiger partial charge in [-0.3, -0.25) is 0 Å². The highest BCUT2D eigenvalue weighted by Gasteiger charge is 2.35. The second kappa shape index (κ2) is 9.12. The molecule has 28 heavy (non-hydrogen) atoms. The van der Waals surface area contributed by atoms with Gasteiger partial charge in [-0.2, -0.15) is 0 Å². The van der Waals surface area contributed by atoms with E-state index in [1.165, 1.54) is 38.2 Å². The highest BCUT2D eigenvalue weighted by atomic mass is 79.9. The van der Waals surface area contributed by atoms with Crippen LogP contribution in [0.1, 0.15) is 50.5 Å². The molecule has 0 spiro atoms. The fraction of sp³-hybridized carbons (Fsp3) is 0.682. The van der Waals surface area contributed by atoms with Gasteiger partial charge in [0.2, 0.25) is 0 Å². The Balaban J connectivity index is 1.23. The van der Waals surface area contributed by atoms with Gasteiger partial charge in [-0.05, 0) is 74.9 Å². The van der Waals surface area contributed by atoms with E-state index in [0.29, 0.717) is 12.0 Å². The van der Waals surface area contributed by atoms with Crippen LogP contribution in [-0.2, 0) is 6.42 Å². The van der Waals surface area contributed by atoms with E-state index in [0.717, 1.165) is 55.5 Å². The molecule has 2 heterocycles. The molecule has 1 aliphatic carbocycles. The lowest BCUT2D eigenvalue weighted by Crippen LogP contribution is -2.43. The van der Waals surface area contributed by atoms with Crippen LogP contribution in [0.2, 0.25) is 0 Å². The summed E-state index contributed by atoms with van der Waals surface area (Å²) in [5.41, 5.74) is 1.07. The number of nitrogens with one attached hydrogen (secondary N) is 1. The number of amides is 2. The number of benzene rings is 1. The molecule has 1 atom stereocenters. The van der Waals surface area contributed by atoms with Crippen molar-refractivity contribution in [3.05, 3.63) is 34.1 Å². The molecule has 2 aliphatic heterocycles. The largest absolute Gasteiger partial charge is 0.332 e. The fourth-order valence-electron chi connectivity index (χ4n) is 5.13. The van der Waals surface area contributed by atoms with Crippen LogP contribution in [-0.4, -0.2) is 54.1 Å². The molecule has 154 valence electrons. The Labute approximate surface area is 176 Å². The summed E-state index contributed by atoms with van der Waals surface area (Å²) in [6.07, 6.45) is 9.37. The van der Waals surface area contributed by atoms with E-state index in [1.54, 1.807) is 12.1 Å². The molecule has 1 saturated carbocycles. The van der Waals surface area contributed by atoms with Gasteiger partial charge in [0.15, 0.2) is 0 Å². The van der Waals surface area contributed by atoms with Crippen molar-refractivity contribution in [2.45, 2.75) is 63.5 Å². The zero-order valence-electron chi connectivity index (χ0n) is 16.5. The Morgan fingerprint density at radius 1 is 1.11 bits per heavy atom. The van der Waals surface area contributed by atoms with Crippen LogP contribution >= 0.6 is 15.9 Å². The lowest BCUT2D eigenvalue weighted by molar-refractivity contribution is 0.163. The molecule has 0 aromatic heterocycles. The van der Waals surface area contributed by atoms with Crippen LogP contribution in [0.15, 0.2) is 22.7 Å². The first kappa shape index (κ1) is 20.1. The maximum Gasteiger partial charge on any atom is 0.318 e. The van der Waals surface area contributed by atoms with E-state index >= 15 is 0 Å². The van der Waals surface area contributed by atoms with E-state index in [-0.39, 0.29) is 17.9 Å². The van der Waals surface area contributed by atoms with Crippen molar-refractivity contribution in [1.82, 2.24) is 15.1 Å². The van der Waals surface area contributed by atoms with Crippen molar-refractivity contribution in [2.75, 3.05) is 26.2 Å². The van der Waals surface area contributed by atoms with Gasteiger partial charge in [0.25, 0.3) is 0 Å². The standard InChI is InChI=1S/C22H31BrFN3O/c23-21-7-6-18(24)13-17(21)12-16-8-10-26(11-9-16)14-19-15-27(22(28)25-19)20-4-2-1-3-5-20/h6-7,13,16,19-20H,1-5,8-12,14-15H2,(H,25,28). The number of halogens is 2. The van der Waals surface area contributed by atoms with Gasteiger partial charge in [0.05, 0.1) is 6.04 Å². The smallest absolute Gasteiger partial charge is 0.318 e. The number of carbonyl (C=O) groups excluding carboxylic acids is 1. The average molecular weight is 452 g/mol. The third-order valence-corrected chi connectivity index (χ3v) is 7.50. The maximum absolute atomic E-state index is 13.5. The Kier molecular flexibility index (Phi) is 6.56. The lowest BCUT2D eigenvalue weighted by atomic mass is 9.90. The van der Waals surface area contributed by atoms with Crippen LogP contribution in [0.4, 0.5) is 9.18 Å². The van der Waals surface area contributed by atoms with Gasteiger partial charge in [-0.15, -0.1) is 0 Å². The molecule has 6 heteroatoms. The van der Waals surface area contributed by atoms with Crippen LogP contribution in [0.25, 0.3) is 0 Å². The highest BCUT2D eigenvalue weighted by molar-refractivity contribution is 9.10. The van der Waals surface area contributed by atoms with Crippen molar-refractivity contribution in [3.63, 3.8) is 0 Å². The zero-order chi connectivity index (χ0) is 19.5. The van der Waals surface area contributed by atoms with Crippen molar-refractivity contribution in [2.24, 2.45) is 5.92 Å². The van der Waals surface area contributed by atoms with Gasteiger partial charge < -0.3 is 15.1 Å². The minimum Gasteiger partial charge on any atom is -0.332 e. The molecule has 1 aromatic carbocycles. The topological polar surface area (TPSA) is 35.6 Å². The minimum absolute atomic E-state index is 0.141. The normalized spacial score (nSPS) is 25.3. The number of rotatable bonds is 5. The third kappa shape index (κ3) is 4.88. The Morgan fingerprint density at radius 2 is 1.86 bits per heavy atom. The molecule has 2 saturated heterocycles. The Morgan fingerprint density at radius 3 is 2.61 bits per heavy atom. The fourth-order valence-corrected chi connectivity index (χ4v) is 5.54. The maximum atomic E-state index is 13.5. The van der Waals surface area contributed by atoms with Gasteiger partial charge in [-0.1, -0.05) is 35.2 Å². The first-order valence-electron chi connectivity index (χ1n) is 10.8. The summed E-state index contributed by atoms with van der Waals surface area (Å²) in [5.74, 6) is 0.446. The van der Waals surface area contributed by atoms with E-state index < -0.39 is 0 Å². The molecule has 2 amide bonds. The minimum atomic E-state index is -0.157. The van der Waals surface area contributed by atoms with Gasteiger partial charge in [0, 0.05) is 23.6 Å². The molecular formula is C22H31BrFN3O. The molecule has 3 fully saturated rings. The summed E-state index contributed by atoms with van der Waals surface area (Å²) in [7, 11) is 0. The second-order valence-electron chi connectivity index (χ2n) is 8.77. The number of nitrogens with zero attached hydrogens (tertiary/aromatic N) is 2. The Bertz CT molecular complexity index is 686. The molecule has 0 bridgehead atoms. The number of carbonyl (C=O) groups is 1. The van der Waals surface area contributed by atoms with Crippen LogP contribution in [0.3, 0.4) is 0 Å². The molecule has 1 unspecified atom stereocenters. The van der Waals surface area contributed by atoms with Gasteiger partial charge >= 0.3 is 6.03 Å². The van der Waals surface area contributed by atoms with Crippen molar-refractivity contribution in [3.8, 4) is 0 Å². The molecule has 4 nitrogen and oxygen atoms in total. The summed E-state index contributed by atoms with van der Waals surface area (Å²) in [6, 6.07) is 5.81. The quantitative estimate of drug-likeness (QED) is 0.711. The van der Waals surface area contributed by atoms with Crippen molar-refractivity contribution < 1.29 is 9.18 Å². The molecule has 4 rings (SSSR count). The van der Waals surface area contributed by atoms with Crippen LogP contribution in [0.5, 0.6) is 0 Å². The SMILES string of the molecule is O=C1NC(CN2CCC(Cc3cc(F)ccc3Br)CC2)CN1C1CCCCC1. The van der Waals surface area contributed by atoms with Gasteiger partial charge in [-0.25, -0.2) is 9.18 Å². The highest BCUT2D eigenvalue weighted by Crippen LogP contribution is 2.28. The van der Waals surface area contributed by atoms with E-state index in [1.807, 2.05) is 0 Å². The third-order valence-electron chi connectivity index (χ3n) is 6.72. The first-order valence-corrected chi connectivity index (χ1v) is 11.6. The predicted octanol–water partition coefficient (Wildman–Crippen LogP) is 4.57. The van der Waals surface area contributed by atoms with Crippen molar-refractivity contribution in [1.29, 1.82) is 0 Å². The summed E-state index contributed by atoms with van der Waals surface area (Å²) in [4.78, 5) is 17.0. The monoisotopic (exact) mass is 451 g/mol. The number of urea groups is 1. The van der Waals surface area contributed by atoms with E-state index in [2.05, 4.69) is 31.0 Å². The predicted molar refractivity (Wildman–Crippen MR) is 113 cm³/mol. The number of hydrogen-bond acceptors (Lipinski definition) is 2. The Hall–Kier alpha value is -1.14. The van der Waals surface area contributed by atoms with E-state index in [4.69, 9.17) is 0 Å². The van der Waals surface area contributed by atoms with Crippen molar-refractivity contribution >= 4 is 22.0 Å². The molecule has 3 aliphatic rings. The number of likely N-dealkylation sites (tertiary alicyclic amines) is 1. The summed E-state index contributed by atoms with van der Waals surface area (Å²) >= 11 is 3.55. The molecular weight excluding hydrogens is 421 g/mol. The lowest BCUT2D eigenvalue weighted by Gasteiger charge is -2.34.